The molecule has 0 saturated heterocycles. The molecule has 0 aliphatic carbocycles. The number of amides is 1. The quantitative estimate of drug-likeness (QED) is 0.482. The third kappa shape index (κ3) is 3.47. The van der Waals surface area contributed by atoms with Gasteiger partial charge in [0, 0.05) is 18.0 Å². The number of carbonyl (C=O) groups is 1. The van der Waals surface area contributed by atoms with E-state index >= 15 is 0 Å². The molecule has 1 aliphatic rings. The molecule has 29 heavy (non-hydrogen) atoms. The van der Waals surface area contributed by atoms with E-state index in [9.17, 15) is 4.79 Å². The van der Waals surface area contributed by atoms with Crippen molar-refractivity contribution in [1.82, 2.24) is 14.9 Å². The number of fused-ring (bicyclic) bond motifs is 2. The van der Waals surface area contributed by atoms with Crippen LogP contribution in [0.1, 0.15) is 37.9 Å². The van der Waals surface area contributed by atoms with Crippen LogP contribution in [0.5, 0.6) is 0 Å². The first kappa shape index (κ1) is 18.1. The molecular weight excluding hydrogens is 378 g/mol. The lowest BCUT2D eigenvalue weighted by atomic mass is 9.97. The highest BCUT2D eigenvalue weighted by Crippen LogP contribution is 2.29. The van der Waals surface area contributed by atoms with E-state index in [1.807, 2.05) is 30.9 Å². The van der Waals surface area contributed by atoms with Crippen LogP contribution in [0.15, 0.2) is 48.5 Å². The summed E-state index contributed by atoms with van der Waals surface area (Å²) in [6, 6.07) is 17.0. The number of nitrogens with one attached hydrogen (secondary N) is 1. The highest BCUT2D eigenvalue weighted by Gasteiger charge is 2.21. The molecule has 0 spiro atoms. The Labute approximate surface area is 174 Å². The number of H-pyrrole nitrogens is 1. The number of aromatic nitrogens is 2. The molecule has 5 rings (SSSR count). The molecule has 0 bridgehead atoms. The first-order valence-electron chi connectivity index (χ1n) is 10.0. The Morgan fingerprint density at radius 3 is 2.69 bits per heavy atom. The molecule has 0 fully saturated rings. The molecule has 0 unspecified atom stereocenters. The Morgan fingerprint density at radius 1 is 1.03 bits per heavy atom. The van der Waals surface area contributed by atoms with Gasteiger partial charge in [0.15, 0.2) is 0 Å². The molecule has 4 nitrogen and oxygen atoms in total. The average molecular weight is 402 g/mol. The number of benzene rings is 2. The normalized spacial score (nSPS) is 14.1. The summed E-state index contributed by atoms with van der Waals surface area (Å²) in [6.07, 6.45) is 2.02. The molecule has 146 valence electrons. The number of thiophene rings is 1. The maximum Gasteiger partial charge on any atom is 0.264 e. The fourth-order valence-corrected chi connectivity index (χ4v) is 4.97. The van der Waals surface area contributed by atoms with Crippen LogP contribution in [0, 0.1) is 13.8 Å². The predicted molar refractivity (Wildman–Crippen MR) is 118 cm³/mol. The van der Waals surface area contributed by atoms with Crippen LogP contribution in [-0.2, 0) is 13.0 Å². The van der Waals surface area contributed by atoms with Gasteiger partial charge in [-0.1, -0.05) is 18.2 Å². The van der Waals surface area contributed by atoms with E-state index in [0.29, 0.717) is 6.54 Å². The summed E-state index contributed by atoms with van der Waals surface area (Å²) in [5, 5.41) is 0. The molecular formula is C24H23N3OS. The Balaban J connectivity index is 1.47. The summed E-state index contributed by atoms with van der Waals surface area (Å²) in [6.45, 7) is 5.49. The second-order valence-electron chi connectivity index (χ2n) is 7.78. The molecule has 0 saturated carbocycles. The summed E-state index contributed by atoms with van der Waals surface area (Å²) in [4.78, 5) is 24.9. The fourth-order valence-electron chi connectivity index (χ4n) is 4.13. The topological polar surface area (TPSA) is 49.0 Å². The van der Waals surface area contributed by atoms with Crippen molar-refractivity contribution < 1.29 is 4.79 Å². The molecule has 1 aliphatic heterocycles. The van der Waals surface area contributed by atoms with Gasteiger partial charge < -0.3 is 9.88 Å². The van der Waals surface area contributed by atoms with E-state index in [2.05, 4.69) is 46.4 Å². The van der Waals surface area contributed by atoms with E-state index in [-0.39, 0.29) is 5.91 Å². The number of aryl methyl sites for hydroxylation is 3. The highest BCUT2D eigenvalue weighted by molar-refractivity contribution is 7.13. The Hall–Kier alpha value is -2.92. The molecule has 2 aromatic carbocycles. The lowest BCUT2D eigenvalue weighted by Crippen LogP contribution is -2.30. The largest absolute Gasteiger partial charge is 0.342 e. The van der Waals surface area contributed by atoms with E-state index in [4.69, 9.17) is 0 Å². The molecule has 2 aromatic heterocycles. The molecule has 1 amide bonds. The monoisotopic (exact) mass is 401 g/mol. The van der Waals surface area contributed by atoms with Crippen molar-refractivity contribution in [2.24, 2.45) is 0 Å². The van der Waals surface area contributed by atoms with Crippen molar-refractivity contribution in [2.45, 2.75) is 33.2 Å². The zero-order valence-corrected chi connectivity index (χ0v) is 17.5. The first-order valence-corrected chi connectivity index (χ1v) is 10.8. The Kier molecular flexibility index (Phi) is 4.47. The predicted octanol–water partition coefficient (Wildman–Crippen LogP) is 5.50. The van der Waals surface area contributed by atoms with Gasteiger partial charge in [0.2, 0.25) is 0 Å². The van der Waals surface area contributed by atoms with Crippen molar-refractivity contribution in [3.8, 4) is 11.1 Å². The smallest absolute Gasteiger partial charge is 0.264 e. The van der Waals surface area contributed by atoms with Crippen LogP contribution >= 0.6 is 11.3 Å². The molecule has 3 heterocycles. The van der Waals surface area contributed by atoms with Crippen molar-refractivity contribution in [1.29, 1.82) is 0 Å². The van der Waals surface area contributed by atoms with Crippen LogP contribution < -0.4 is 0 Å². The van der Waals surface area contributed by atoms with Crippen LogP contribution in [0.2, 0.25) is 0 Å². The van der Waals surface area contributed by atoms with Crippen molar-refractivity contribution >= 4 is 28.3 Å². The summed E-state index contributed by atoms with van der Waals surface area (Å²) >= 11 is 1.58. The Morgan fingerprint density at radius 2 is 1.86 bits per heavy atom. The number of imidazole rings is 1. The van der Waals surface area contributed by atoms with E-state index in [0.717, 1.165) is 46.7 Å². The maximum atomic E-state index is 13.0. The average Bonchev–Trinajstić information content (AvgIpc) is 3.24. The van der Waals surface area contributed by atoms with Gasteiger partial charge in [0.05, 0.1) is 15.9 Å². The van der Waals surface area contributed by atoms with Gasteiger partial charge in [0.25, 0.3) is 5.91 Å². The highest BCUT2D eigenvalue weighted by atomic mass is 32.1. The van der Waals surface area contributed by atoms with Crippen molar-refractivity contribution in [2.75, 3.05) is 6.54 Å². The zero-order valence-electron chi connectivity index (χ0n) is 16.7. The van der Waals surface area contributed by atoms with Crippen molar-refractivity contribution in [3.63, 3.8) is 0 Å². The van der Waals surface area contributed by atoms with Gasteiger partial charge in [-0.3, -0.25) is 4.79 Å². The van der Waals surface area contributed by atoms with Crippen LogP contribution in [0.3, 0.4) is 0 Å². The standard InChI is InChI=1S/C24H23N3OS/c1-15-5-10-23(29-15)24(28)27-11-3-4-17-6-7-18(12-20(17)14-27)19-8-9-21-22(13-19)26-16(2)25-21/h5-10,12-13H,3-4,11,14H2,1-2H3,(H,25,26). The van der Waals surface area contributed by atoms with Crippen LogP contribution in [0.4, 0.5) is 0 Å². The van der Waals surface area contributed by atoms with Crippen molar-refractivity contribution in [3.05, 3.63) is 75.2 Å². The van der Waals surface area contributed by atoms with Gasteiger partial charge in [-0.25, -0.2) is 4.98 Å². The minimum absolute atomic E-state index is 0.148. The summed E-state index contributed by atoms with van der Waals surface area (Å²) < 4.78 is 0. The first-order chi connectivity index (χ1) is 14.1. The molecule has 1 N–H and O–H groups in total. The number of hydrogen-bond donors (Lipinski definition) is 1. The summed E-state index contributed by atoms with van der Waals surface area (Å²) in [7, 11) is 0. The third-order valence-electron chi connectivity index (χ3n) is 5.61. The van der Waals surface area contributed by atoms with E-state index < -0.39 is 0 Å². The summed E-state index contributed by atoms with van der Waals surface area (Å²) in [5.74, 6) is 1.08. The van der Waals surface area contributed by atoms with Gasteiger partial charge in [-0.05, 0) is 79.3 Å². The lowest BCUT2D eigenvalue weighted by molar-refractivity contribution is 0.0751. The SMILES string of the molecule is Cc1nc2cc(-c3ccc4c(c3)CN(C(=O)c3ccc(C)s3)CCC4)ccc2[nH]1. The maximum absolute atomic E-state index is 13.0. The molecule has 0 atom stereocenters. The van der Waals surface area contributed by atoms with Gasteiger partial charge in [0.1, 0.15) is 5.82 Å². The fraction of sp³-hybridized carbons (Fsp3) is 0.250. The molecule has 4 aromatic rings. The minimum Gasteiger partial charge on any atom is -0.342 e. The van der Waals surface area contributed by atoms with Gasteiger partial charge >= 0.3 is 0 Å². The number of hydrogen-bond acceptors (Lipinski definition) is 3. The second-order valence-corrected chi connectivity index (χ2v) is 9.07. The number of nitrogens with zero attached hydrogens (tertiary/aromatic N) is 2. The third-order valence-corrected chi connectivity index (χ3v) is 6.60. The van der Waals surface area contributed by atoms with Gasteiger partial charge in [-0.2, -0.15) is 0 Å². The minimum atomic E-state index is 0.148. The zero-order chi connectivity index (χ0) is 20.0. The summed E-state index contributed by atoms with van der Waals surface area (Å²) in [5.41, 5.74) is 6.97. The Bertz CT molecular complexity index is 1220. The van der Waals surface area contributed by atoms with Crippen LogP contribution in [0.25, 0.3) is 22.2 Å². The van der Waals surface area contributed by atoms with Crippen LogP contribution in [-0.4, -0.2) is 27.3 Å². The molecule has 0 radical (unpaired) electrons. The molecule has 5 heteroatoms. The van der Waals surface area contributed by atoms with Gasteiger partial charge in [-0.15, -0.1) is 11.3 Å². The number of carbonyl (C=O) groups excluding carboxylic acids is 1. The number of aromatic amines is 1. The van der Waals surface area contributed by atoms with E-state index in [1.54, 1.807) is 11.3 Å². The van der Waals surface area contributed by atoms with E-state index in [1.165, 1.54) is 21.6 Å². The number of rotatable bonds is 2. The lowest BCUT2D eigenvalue weighted by Gasteiger charge is -2.20. The second kappa shape index (κ2) is 7.16.